The molecule has 0 fully saturated rings. The molecule has 0 saturated heterocycles. The second-order valence-corrected chi connectivity index (χ2v) is 12.3. The molecule has 0 aromatic carbocycles. The Bertz CT molecular complexity index is 784. The van der Waals surface area contributed by atoms with Crippen LogP contribution in [0.1, 0.15) is 117 Å². The second-order valence-electron chi connectivity index (χ2n) is 12.3. The Hall–Kier alpha value is -1.64. The molecule has 2 amide bonds. The van der Waals surface area contributed by atoms with Crippen molar-refractivity contribution in [2.75, 3.05) is 45.8 Å². The maximum absolute atomic E-state index is 13.7. The predicted molar refractivity (Wildman–Crippen MR) is 181 cm³/mol. The summed E-state index contributed by atoms with van der Waals surface area (Å²) in [4.78, 5) is 30.0. The molecule has 0 spiro atoms. The van der Waals surface area contributed by atoms with Gasteiger partial charge in [0.1, 0.15) is 12.2 Å². The van der Waals surface area contributed by atoms with Gasteiger partial charge in [-0.25, -0.2) is 0 Å². The highest BCUT2D eigenvalue weighted by Crippen LogP contribution is 2.22. The van der Waals surface area contributed by atoms with Crippen LogP contribution in [-0.4, -0.2) is 112 Å². The number of carbonyl (C=O) groups is 2. The molecule has 45 heavy (non-hydrogen) atoms. The van der Waals surface area contributed by atoms with Crippen molar-refractivity contribution in [1.29, 1.82) is 0 Å². The van der Waals surface area contributed by atoms with Crippen molar-refractivity contribution in [2.45, 2.75) is 141 Å². The monoisotopic (exact) mass is 645 g/mol. The largest absolute Gasteiger partial charge is 0.387 e. The van der Waals surface area contributed by atoms with E-state index in [0.29, 0.717) is 71.5 Å². The molecule has 0 aromatic rings. The van der Waals surface area contributed by atoms with E-state index in [0.717, 1.165) is 88.3 Å². The molecule has 12 heteroatoms. The van der Waals surface area contributed by atoms with Gasteiger partial charge in [-0.15, -0.1) is 0 Å². The number of hydrogen-bond donors (Lipinski definition) is 8. The van der Waals surface area contributed by atoms with E-state index in [4.69, 9.17) is 22.9 Å². The highest BCUT2D eigenvalue weighted by molar-refractivity contribution is 5.84. The smallest absolute Gasteiger partial charge is 0.258 e. The average Bonchev–Trinajstić information content (AvgIpc) is 3.03. The molecule has 0 aliphatic heterocycles. The Balaban J connectivity index is 5.70. The minimum atomic E-state index is -2.07. The summed E-state index contributed by atoms with van der Waals surface area (Å²) in [5.74, 6) is -1.51. The standard InChI is InChI=1S/C33H68N6O6/c1-26(2)27(18-10-9-14-22-37)39(25-17-8-5-13-21-36)33(45)31(43)29(41)28(40)30(42)32(44)38(23-15-6-3-11-19-34)24-16-7-4-12-20-35/h28-31,40-43H,3-25,34-37H2,1-2H3/t28-,29+,30+,31-/m1/s1. The Morgan fingerprint density at radius 1 is 0.511 bits per heavy atom. The topological polar surface area (TPSA) is 226 Å². The summed E-state index contributed by atoms with van der Waals surface area (Å²) in [7, 11) is 0. The molecular formula is C33H68N6O6. The number of carbonyl (C=O) groups excluding carboxylic acids is 2. The number of aliphatic hydroxyl groups is 4. The first-order valence-electron chi connectivity index (χ1n) is 17.4. The Morgan fingerprint density at radius 2 is 0.867 bits per heavy atom. The van der Waals surface area contributed by atoms with Crippen LogP contribution in [0.4, 0.5) is 0 Å². The lowest BCUT2D eigenvalue weighted by Gasteiger charge is -2.33. The summed E-state index contributed by atoms with van der Waals surface area (Å²) >= 11 is 0. The van der Waals surface area contributed by atoms with E-state index in [1.54, 1.807) is 0 Å². The van der Waals surface area contributed by atoms with Gasteiger partial charge in [-0.3, -0.25) is 9.59 Å². The first-order chi connectivity index (χ1) is 21.6. The number of hydrogen-bond acceptors (Lipinski definition) is 10. The minimum Gasteiger partial charge on any atom is -0.387 e. The molecule has 0 saturated carbocycles. The number of aliphatic hydroxyl groups excluding tert-OH is 4. The van der Waals surface area contributed by atoms with Crippen molar-refractivity contribution in [3.8, 4) is 0 Å². The van der Waals surface area contributed by atoms with Crippen molar-refractivity contribution in [1.82, 2.24) is 9.80 Å². The van der Waals surface area contributed by atoms with Crippen LogP contribution >= 0.6 is 0 Å². The van der Waals surface area contributed by atoms with Crippen molar-refractivity contribution in [3.63, 3.8) is 0 Å². The molecule has 12 nitrogen and oxygen atoms in total. The lowest BCUT2D eigenvalue weighted by molar-refractivity contribution is -0.165. The summed E-state index contributed by atoms with van der Waals surface area (Å²) in [5, 5.41) is 43.7. The number of allylic oxidation sites excluding steroid dienone is 2. The van der Waals surface area contributed by atoms with Crippen LogP contribution in [0.2, 0.25) is 0 Å². The predicted octanol–water partition coefficient (Wildman–Crippen LogP) is 1.46. The SMILES string of the molecule is CC(C)=C(CCCCCN)N(CCCCCCN)C(=O)[C@H](O)[C@@H](O)[C@@H](O)[C@H](O)C(=O)N(CCCCCCN)CCCCCCN. The van der Waals surface area contributed by atoms with Gasteiger partial charge in [-0.2, -0.15) is 0 Å². The van der Waals surface area contributed by atoms with Crippen LogP contribution in [0.15, 0.2) is 11.3 Å². The van der Waals surface area contributed by atoms with E-state index >= 15 is 0 Å². The van der Waals surface area contributed by atoms with Crippen LogP contribution in [0.5, 0.6) is 0 Å². The summed E-state index contributed by atoms with van der Waals surface area (Å²) in [6.07, 6.45) is 5.06. The van der Waals surface area contributed by atoms with Gasteiger partial charge in [0.2, 0.25) is 0 Å². The first kappa shape index (κ1) is 43.4. The fraction of sp³-hybridized carbons (Fsp3) is 0.879. The van der Waals surface area contributed by atoms with E-state index < -0.39 is 36.2 Å². The van der Waals surface area contributed by atoms with Gasteiger partial charge in [0.05, 0.1) is 0 Å². The van der Waals surface area contributed by atoms with Crippen molar-refractivity contribution >= 4 is 11.8 Å². The number of unbranched alkanes of at least 4 members (excludes halogenated alkanes) is 11. The average molecular weight is 645 g/mol. The number of nitrogens with zero attached hydrogens (tertiary/aromatic N) is 2. The van der Waals surface area contributed by atoms with Crippen LogP contribution in [0, 0.1) is 0 Å². The summed E-state index contributed by atoms with van der Waals surface area (Å²) in [5.41, 5.74) is 24.1. The Labute approximate surface area is 272 Å². The maximum atomic E-state index is 13.7. The summed E-state index contributed by atoms with van der Waals surface area (Å²) in [6.45, 7) is 7.25. The normalized spacial score (nSPS) is 14.1. The molecule has 266 valence electrons. The molecule has 0 radical (unpaired) electrons. The zero-order valence-electron chi connectivity index (χ0n) is 28.4. The van der Waals surface area contributed by atoms with Gasteiger partial charge in [-0.1, -0.05) is 50.5 Å². The first-order valence-corrected chi connectivity index (χ1v) is 17.4. The van der Waals surface area contributed by atoms with Crippen LogP contribution in [0.3, 0.4) is 0 Å². The van der Waals surface area contributed by atoms with Crippen LogP contribution in [-0.2, 0) is 9.59 Å². The maximum Gasteiger partial charge on any atom is 0.258 e. The molecule has 0 aromatic heterocycles. The zero-order chi connectivity index (χ0) is 34.0. The zero-order valence-corrected chi connectivity index (χ0v) is 28.4. The lowest BCUT2D eigenvalue weighted by atomic mass is 9.99. The van der Waals surface area contributed by atoms with E-state index in [-0.39, 0.29) is 0 Å². The Kier molecular flexibility index (Phi) is 26.5. The molecule has 0 aliphatic rings. The van der Waals surface area contributed by atoms with Gasteiger partial charge in [0, 0.05) is 25.3 Å². The molecular weight excluding hydrogens is 576 g/mol. The number of nitrogens with two attached hydrogens (primary N) is 4. The molecule has 4 atom stereocenters. The number of rotatable bonds is 29. The van der Waals surface area contributed by atoms with Gasteiger partial charge < -0.3 is 53.2 Å². The molecule has 0 unspecified atom stereocenters. The fourth-order valence-corrected chi connectivity index (χ4v) is 5.36. The summed E-state index contributed by atoms with van der Waals surface area (Å²) < 4.78 is 0. The third kappa shape index (κ3) is 18.3. The van der Waals surface area contributed by atoms with Gasteiger partial charge in [0.15, 0.2) is 12.2 Å². The van der Waals surface area contributed by atoms with Crippen molar-refractivity contribution in [2.24, 2.45) is 22.9 Å². The highest BCUT2D eigenvalue weighted by atomic mass is 16.4. The van der Waals surface area contributed by atoms with Crippen LogP contribution in [0.25, 0.3) is 0 Å². The third-order valence-electron chi connectivity index (χ3n) is 8.20. The molecule has 12 N–H and O–H groups in total. The molecule has 0 bridgehead atoms. The quantitative estimate of drug-likeness (QED) is 0.0547. The fourth-order valence-electron chi connectivity index (χ4n) is 5.36. The molecule has 0 aliphatic carbocycles. The van der Waals surface area contributed by atoms with Gasteiger partial charge in [-0.05, 0) is 97.8 Å². The third-order valence-corrected chi connectivity index (χ3v) is 8.20. The van der Waals surface area contributed by atoms with E-state index in [1.807, 2.05) is 13.8 Å². The molecule has 0 heterocycles. The number of amides is 2. The Morgan fingerprint density at radius 3 is 1.27 bits per heavy atom. The van der Waals surface area contributed by atoms with Gasteiger partial charge in [0.25, 0.3) is 11.8 Å². The van der Waals surface area contributed by atoms with Crippen molar-refractivity contribution < 1.29 is 30.0 Å². The van der Waals surface area contributed by atoms with E-state index in [9.17, 15) is 30.0 Å². The lowest BCUT2D eigenvalue weighted by Crippen LogP contribution is -2.55. The van der Waals surface area contributed by atoms with Crippen LogP contribution < -0.4 is 22.9 Å². The van der Waals surface area contributed by atoms with E-state index in [1.165, 1.54) is 9.80 Å². The van der Waals surface area contributed by atoms with E-state index in [2.05, 4.69) is 0 Å². The molecule has 0 rings (SSSR count). The van der Waals surface area contributed by atoms with Gasteiger partial charge >= 0.3 is 0 Å². The summed E-state index contributed by atoms with van der Waals surface area (Å²) in [6, 6.07) is 0. The second kappa shape index (κ2) is 27.5. The minimum absolute atomic E-state index is 0.324. The highest BCUT2D eigenvalue weighted by Gasteiger charge is 2.40. The van der Waals surface area contributed by atoms with Crippen molar-refractivity contribution in [3.05, 3.63) is 11.3 Å².